The molecule has 7 heteroatoms. The van der Waals surface area contributed by atoms with Gasteiger partial charge in [0.1, 0.15) is 5.75 Å². The van der Waals surface area contributed by atoms with Crippen molar-refractivity contribution in [1.29, 1.82) is 0 Å². The van der Waals surface area contributed by atoms with E-state index in [0.29, 0.717) is 21.5 Å². The smallest absolute Gasteiger partial charge is 0.257 e. The fourth-order valence-corrected chi connectivity index (χ4v) is 2.54. The van der Waals surface area contributed by atoms with Crippen LogP contribution in [0.5, 0.6) is 5.75 Å². The molecule has 3 aromatic rings. The molecule has 0 atom stereocenters. The van der Waals surface area contributed by atoms with Crippen LogP contribution in [0.4, 0.5) is 5.13 Å². The van der Waals surface area contributed by atoms with Crippen molar-refractivity contribution in [2.45, 2.75) is 0 Å². The first-order valence-corrected chi connectivity index (χ1v) is 7.27. The maximum Gasteiger partial charge on any atom is 0.257 e. The zero-order valence-corrected chi connectivity index (χ0v) is 12.5. The van der Waals surface area contributed by atoms with E-state index in [1.54, 1.807) is 43.8 Å². The summed E-state index contributed by atoms with van der Waals surface area (Å²) in [4.78, 5) is 16.2. The first kappa shape index (κ1) is 14.2. The van der Waals surface area contributed by atoms with E-state index >= 15 is 0 Å². The number of nitrogens with zero attached hydrogens (tertiary/aromatic N) is 3. The van der Waals surface area contributed by atoms with Crippen molar-refractivity contribution in [2.24, 2.45) is 0 Å². The molecular formula is C15H12N4O2S. The third-order valence-electron chi connectivity index (χ3n) is 2.89. The summed E-state index contributed by atoms with van der Waals surface area (Å²) in [7, 11) is 1.56. The molecule has 22 heavy (non-hydrogen) atoms. The van der Waals surface area contributed by atoms with Gasteiger partial charge in [-0.05, 0) is 30.3 Å². The van der Waals surface area contributed by atoms with Crippen LogP contribution in [-0.2, 0) is 0 Å². The van der Waals surface area contributed by atoms with E-state index in [4.69, 9.17) is 4.74 Å². The van der Waals surface area contributed by atoms with E-state index < -0.39 is 0 Å². The van der Waals surface area contributed by atoms with Gasteiger partial charge in [-0.25, -0.2) is 0 Å². The first-order chi connectivity index (χ1) is 10.8. The second kappa shape index (κ2) is 6.31. The topological polar surface area (TPSA) is 77.0 Å². The molecule has 0 aliphatic carbocycles. The van der Waals surface area contributed by atoms with Gasteiger partial charge in [-0.3, -0.25) is 15.1 Å². The summed E-state index contributed by atoms with van der Waals surface area (Å²) in [5, 5.41) is 11.9. The Bertz CT molecular complexity index is 789. The van der Waals surface area contributed by atoms with Gasteiger partial charge in [0.15, 0.2) is 5.01 Å². The van der Waals surface area contributed by atoms with Gasteiger partial charge in [0.2, 0.25) is 5.13 Å². The Morgan fingerprint density at radius 1 is 1.23 bits per heavy atom. The highest BCUT2D eigenvalue weighted by Crippen LogP contribution is 2.25. The molecule has 0 unspecified atom stereocenters. The van der Waals surface area contributed by atoms with Gasteiger partial charge in [-0.15, -0.1) is 10.2 Å². The second-order valence-electron chi connectivity index (χ2n) is 4.34. The molecule has 0 spiro atoms. The van der Waals surface area contributed by atoms with E-state index in [-0.39, 0.29) is 5.91 Å². The van der Waals surface area contributed by atoms with Crippen LogP contribution in [0.15, 0.2) is 48.8 Å². The summed E-state index contributed by atoms with van der Waals surface area (Å²) in [5.74, 6) is 0.369. The van der Waals surface area contributed by atoms with Crippen molar-refractivity contribution in [3.8, 4) is 16.3 Å². The molecule has 0 aliphatic heterocycles. The molecular weight excluding hydrogens is 300 g/mol. The molecule has 1 N–H and O–H groups in total. The number of carbonyl (C=O) groups excluding carboxylic acids is 1. The number of hydrogen-bond acceptors (Lipinski definition) is 6. The molecule has 0 saturated carbocycles. The average Bonchev–Trinajstić information content (AvgIpc) is 3.04. The average molecular weight is 312 g/mol. The molecule has 2 aromatic heterocycles. The Morgan fingerprint density at radius 3 is 2.91 bits per heavy atom. The first-order valence-electron chi connectivity index (χ1n) is 6.45. The number of pyridine rings is 1. The Kier molecular flexibility index (Phi) is 4.06. The van der Waals surface area contributed by atoms with Crippen molar-refractivity contribution in [1.82, 2.24) is 15.2 Å². The minimum absolute atomic E-state index is 0.257. The lowest BCUT2D eigenvalue weighted by Crippen LogP contribution is -2.11. The SMILES string of the molecule is COc1cccc(C(=O)Nc2nnc(-c3cccnc3)s2)c1. The molecule has 0 fully saturated rings. The van der Waals surface area contributed by atoms with Gasteiger partial charge in [0, 0.05) is 23.5 Å². The monoisotopic (exact) mass is 312 g/mol. The second-order valence-corrected chi connectivity index (χ2v) is 5.32. The predicted molar refractivity (Wildman–Crippen MR) is 84.1 cm³/mol. The van der Waals surface area contributed by atoms with E-state index in [1.165, 1.54) is 11.3 Å². The maximum absolute atomic E-state index is 12.2. The van der Waals surface area contributed by atoms with Crippen molar-refractivity contribution >= 4 is 22.4 Å². The van der Waals surface area contributed by atoms with Crippen LogP contribution in [-0.4, -0.2) is 28.2 Å². The number of rotatable bonds is 4. The van der Waals surface area contributed by atoms with Gasteiger partial charge in [0.25, 0.3) is 5.91 Å². The van der Waals surface area contributed by atoms with Gasteiger partial charge < -0.3 is 4.74 Å². The summed E-state index contributed by atoms with van der Waals surface area (Å²) in [6.45, 7) is 0. The van der Waals surface area contributed by atoms with E-state index in [1.807, 2.05) is 12.1 Å². The van der Waals surface area contributed by atoms with E-state index in [9.17, 15) is 4.79 Å². The van der Waals surface area contributed by atoms with Crippen molar-refractivity contribution in [2.75, 3.05) is 12.4 Å². The summed E-state index contributed by atoms with van der Waals surface area (Å²) in [6, 6.07) is 10.6. The number of amides is 1. The molecule has 0 saturated heterocycles. The molecule has 0 bridgehead atoms. The molecule has 110 valence electrons. The lowest BCUT2D eigenvalue weighted by atomic mass is 10.2. The standard InChI is InChI=1S/C15H12N4O2S/c1-21-12-6-2-4-10(8-12)13(20)17-15-19-18-14(22-15)11-5-3-7-16-9-11/h2-9H,1H3,(H,17,19,20). The number of carbonyl (C=O) groups is 1. The Hall–Kier alpha value is -2.80. The number of ether oxygens (including phenoxy) is 1. The fourth-order valence-electron chi connectivity index (χ4n) is 1.81. The lowest BCUT2D eigenvalue weighted by Gasteiger charge is -2.03. The highest BCUT2D eigenvalue weighted by molar-refractivity contribution is 7.18. The van der Waals surface area contributed by atoms with Gasteiger partial charge in [-0.1, -0.05) is 17.4 Å². The highest BCUT2D eigenvalue weighted by atomic mass is 32.1. The molecule has 6 nitrogen and oxygen atoms in total. The molecule has 0 aliphatic rings. The minimum Gasteiger partial charge on any atom is -0.497 e. The zero-order chi connectivity index (χ0) is 15.4. The van der Waals surface area contributed by atoms with Crippen LogP contribution >= 0.6 is 11.3 Å². The van der Waals surface area contributed by atoms with Gasteiger partial charge >= 0.3 is 0 Å². The zero-order valence-electron chi connectivity index (χ0n) is 11.7. The number of hydrogen-bond donors (Lipinski definition) is 1. The minimum atomic E-state index is -0.257. The summed E-state index contributed by atoms with van der Waals surface area (Å²) in [5.41, 5.74) is 1.36. The fraction of sp³-hybridized carbons (Fsp3) is 0.0667. The van der Waals surface area contributed by atoms with E-state index in [0.717, 1.165) is 5.56 Å². The Labute approximate surface area is 130 Å². The van der Waals surface area contributed by atoms with Gasteiger partial charge in [-0.2, -0.15) is 0 Å². The predicted octanol–water partition coefficient (Wildman–Crippen LogP) is 2.86. The normalized spacial score (nSPS) is 10.2. The van der Waals surface area contributed by atoms with Crippen LogP contribution in [0, 0.1) is 0 Å². The van der Waals surface area contributed by atoms with Crippen LogP contribution < -0.4 is 10.1 Å². The highest BCUT2D eigenvalue weighted by Gasteiger charge is 2.11. The van der Waals surface area contributed by atoms with Crippen molar-refractivity contribution in [3.05, 3.63) is 54.4 Å². The van der Waals surface area contributed by atoms with Crippen molar-refractivity contribution in [3.63, 3.8) is 0 Å². The molecule has 2 heterocycles. The van der Waals surface area contributed by atoms with E-state index in [2.05, 4.69) is 20.5 Å². The van der Waals surface area contributed by atoms with Crippen molar-refractivity contribution < 1.29 is 9.53 Å². The Balaban J connectivity index is 1.76. The van der Waals surface area contributed by atoms with Crippen LogP contribution in [0.2, 0.25) is 0 Å². The Morgan fingerprint density at radius 2 is 2.14 bits per heavy atom. The number of nitrogens with one attached hydrogen (secondary N) is 1. The maximum atomic E-state index is 12.2. The molecule has 1 aromatic carbocycles. The summed E-state index contributed by atoms with van der Waals surface area (Å²) in [6.07, 6.45) is 3.39. The van der Waals surface area contributed by atoms with Crippen LogP contribution in [0.1, 0.15) is 10.4 Å². The number of aromatic nitrogens is 3. The molecule has 0 radical (unpaired) electrons. The number of benzene rings is 1. The lowest BCUT2D eigenvalue weighted by molar-refractivity contribution is 0.102. The molecule has 3 rings (SSSR count). The van der Waals surface area contributed by atoms with Crippen LogP contribution in [0.3, 0.4) is 0 Å². The van der Waals surface area contributed by atoms with Crippen LogP contribution in [0.25, 0.3) is 10.6 Å². The largest absolute Gasteiger partial charge is 0.497 e. The third kappa shape index (κ3) is 3.09. The third-order valence-corrected chi connectivity index (χ3v) is 3.77. The molecule has 1 amide bonds. The van der Waals surface area contributed by atoms with Gasteiger partial charge in [0.05, 0.1) is 7.11 Å². The summed E-state index contributed by atoms with van der Waals surface area (Å²) >= 11 is 1.29. The quantitative estimate of drug-likeness (QED) is 0.801. The number of methoxy groups -OCH3 is 1. The number of anilines is 1. The summed E-state index contributed by atoms with van der Waals surface area (Å²) < 4.78 is 5.10.